The van der Waals surface area contributed by atoms with Crippen LogP contribution in [0.1, 0.15) is 16.2 Å². The van der Waals surface area contributed by atoms with Gasteiger partial charge in [-0.25, -0.2) is 0 Å². The smallest absolute Gasteiger partial charge is 0.366 e. The first-order valence-corrected chi connectivity index (χ1v) is 8.03. The number of halogens is 3. The molecule has 140 valence electrons. The van der Waals surface area contributed by atoms with E-state index in [1.807, 2.05) is 30.3 Å². The summed E-state index contributed by atoms with van der Waals surface area (Å²) >= 11 is 0. The van der Waals surface area contributed by atoms with E-state index in [2.05, 4.69) is 19.6 Å². The fourth-order valence-electron chi connectivity index (χ4n) is 2.81. The molecule has 0 radical (unpaired) electrons. The predicted octanol–water partition coefficient (Wildman–Crippen LogP) is 4.07. The molecule has 28 heavy (non-hydrogen) atoms. The van der Waals surface area contributed by atoms with Gasteiger partial charge in [0, 0.05) is 28.3 Å². The highest BCUT2D eigenvalue weighted by molar-refractivity contribution is 6.01. The van der Waals surface area contributed by atoms with Gasteiger partial charge in [0.15, 0.2) is 0 Å². The predicted molar refractivity (Wildman–Crippen MR) is 94.0 cm³/mol. The van der Waals surface area contributed by atoms with Gasteiger partial charge in [0.2, 0.25) is 11.7 Å². The molecule has 2 N–H and O–H groups in total. The van der Waals surface area contributed by atoms with Crippen molar-refractivity contribution in [1.29, 1.82) is 0 Å². The summed E-state index contributed by atoms with van der Waals surface area (Å²) < 4.78 is 42.4. The van der Waals surface area contributed by atoms with Gasteiger partial charge in [-0.1, -0.05) is 29.4 Å². The number of amides is 1. The van der Waals surface area contributed by atoms with Gasteiger partial charge in [-0.2, -0.15) is 18.2 Å². The quantitative estimate of drug-likeness (QED) is 0.575. The highest BCUT2D eigenvalue weighted by Crippen LogP contribution is 2.32. The molecule has 2 aromatic carbocycles. The monoisotopic (exact) mass is 384 g/mol. The van der Waals surface area contributed by atoms with E-state index < -0.39 is 18.0 Å². The maximum atomic E-state index is 12.7. The molecule has 2 heterocycles. The van der Waals surface area contributed by atoms with Crippen LogP contribution in [0, 0.1) is 0 Å². The average molecular weight is 384 g/mol. The molecule has 2 aromatic heterocycles. The second kappa shape index (κ2) is 6.45. The molecule has 4 rings (SSSR count). The summed E-state index contributed by atoms with van der Waals surface area (Å²) in [6, 6.07) is 13.5. The van der Waals surface area contributed by atoms with Crippen LogP contribution in [0.4, 0.5) is 13.2 Å². The third-order valence-corrected chi connectivity index (χ3v) is 4.11. The van der Waals surface area contributed by atoms with Gasteiger partial charge >= 0.3 is 12.1 Å². The SMILES string of the molecule is NC(=O)c1ccc(-c2noc(C(F)(F)F)n2)cc1-c1cnc2ccccc2c1. The van der Waals surface area contributed by atoms with Crippen LogP contribution in [0.2, 0.25) is 0 Å². The van der Waals surface area contributed by atoms with E-state index in [9.17, 15) is 18.0 Å². The highest BCUT2D eigenvalue weighted by Gasteiger charge is 2.38. The maximum Gasteiger partial charge on any atom is 0.471 e. The van der Waals surface area contributed by atoms with Crippen molar-refractivity contribution >= 4 is 16.8 Å². The van der Waals surface area contributed by atoms with Crippen molar-refractivity contribution in [2.24, 2.45) is 5.73 Å². The molecule has 0 spiro atoms. The molecule has 0 fully saturated rings. The van der Waals surface area contributed by atoms with Crippen molar-refractivity contribution in [3.05, 3.63) is 66.2 Å². The van der Waals surface area contributed by atoms with E-state index in [-0.39, 0.29) is 17.0 Å². The minimum atomic E-state index is -4.75. The molecule has 1 amide bonds. The highest BCUT2D eigenvalue weighted by atomic mass is 19.4. The Bertz CT molecular complexity index is 1200. The second-order valence-corrected chi connectivity index (χ2v) is 5.96. The minimum Gasteiger partial charge on any atom is -0.366 e. The minimum absolute atomic E-state index is 0.195. The number of nitrogens with two attached hydrogens (primary N) is 1. The Balaban J connectivity index is 1.86. The van der Waals surface area contributed by atoms with E-state index in [0.717, 1.165) is 10.9 Å². The normalized spacial score (nSPS) is 11.7. The van der Waals surface area contributed by atoms with E-state index in [1.54, 1.807) is 6.20 Å². The first kappa shape index (κ1) is 17.7. The number of rotatable bonds is 3. The Hall–Kier alpha value is -3.75. The number of aromatic nitrogens is 3. The van der Waals surface area contributed by atoms with Crippen LogP contribution in [0.15, 0.2) is 59.3 Å². The summed E-state index contributed by atoms with van der Waals surface area (Å²) in [7, 11) is 0. The van der Waals surface area contributed by atoms with E-state index in [0.29, 0.717) is 11.1 Å². The lowest BCUT2D eigenvalue weighted by atomic mass is 9.96. The lowest BCUT2D eigenvalue weighted by Gasteiger charge is -2.09. The molecule has 0 atom stereocenters. The summed E-state index contributed by atoms with van der Waals surface area (Å²) in [5.41, 5.74) is 7.64. The van der Waals surface area contributed by atoms with Crippen molar-refractivity contribution < 1.29 is 22.5 Å². The molecule has 9 heteroatoms. The molecule has 0 aliphatic heterocycles. The number of para-hydroxylation sites is 1. The summed E-state index contributed by atoms with van der Waals surface area (Å²) in [5.74, 6) is -2.38. The standard InChI is InChI=1S/C19H11F3N4O2/c20-19(21,22)18-25-17(26-28-18)11-5-6-13(16(23)27)14(8-11)12-7-10-3-1-2-4-15(10)24-9-12/h1-9H,(H2,23,27). The van der Waals surface area contributed by atoms with E-state index in [1.165, 1.54) is 18.2 Å². The average Bonchev–Trinajstić information content (AvgIpc) is 3.18. The van der Waals surface area contributed by atoms with Crippen molar-refractivity contribution in [2.75, 3.05) is 0 Å². The first-order valence-electron chi connectivity index (χ1n) is 8.03. The van der Waals surface area contributed by atoms with Crippen LogP contribution in [0.5, 0.6) is 0 Å². The Kier molecular flexibility index (Phi) is 4.07. The largest absolute Gasteiger partial charge is 0.471 e. The maximum absolute atomic E-state index is 12.7. The van der Waals surface area contributed by atoms with Crippen molar-refractivity contribution in [3.63, 3.8) is 0 Å². The third kappa shape index (κ3) is 3.18. The summed E-state index contributed by atoms with van der Waals surface area (Å²) in [4.78, 5) is 19.6. The van der Waals surface area contributed by atoms with Gasteiger partial charge < -0.3 is 10.3 Å². The number of carbonyl (C=O) groups excluding carboxylic acids is 1. The van der Waals surface area contributed by atoms with E-state index in [4.69, 9.17) is 5.73 Å². The topological polar surface area (TPSA) is 94.9 Å². The van der Waals surface area contributed by atoms with E-state index >= 15 is 0 Å². The zero-order chi connectivity index (χ0) is 19.9. The van der Waals surface area contributed by atoms with Crippen molar-refractivity contribution in [2.45, 2.75) is 6.18 Å². The number of hydrogen-bond acceptors (Lipinski definition) is 5. The van der Waals surface area contributed by atoms with Crippen molar-refractivity contribution in [3.8, 4) is 22.5 Å². The Morgan fingerprint density at radius 3 is 2.54 bits per heavy atom. The number of carbonyl (C=O) groups is 1. The number of fused-ring (bicyclic) bond motifs is 1. The molecular formula is C19H11F3N4O2. The molecular weight excluding hydrogens is 373 g/mol. The van der Waals surface area contributed by atoms with Crippen LogP contribution in [-0.4, -0.2) is 21.0 Å². The molecule has 6 nitrogen and oxygen atoms in total. The van der Waals surface area contributed by atoms with Crippen LogP contribution >= 0.6 is 0 Å². The molecule has 0 saturated carbocycles. The second-order valence-electron chi connectivity index (χ2n) is 5.96. The zero-order valence-electron chi connectivity index (χ0n) is 14.1. The third-order valence-electron chi connectivity index (χ3n) is 4.11. The number of pyridine rings is 1. The van der Waals surface area contributed by atoms with Crippen LogP contribution < -0.4 is 5.73 Å². The Labute approximate surface area is 155 Å². The number of primary amides is 1. The lowest BCUT2D eigenvalue weighted by Crippen LogP contribution is -2.12. The molecule has 0 aliphatic rings. The summed E-state index contributed by atoms with van der Waals surface area (Å²) in [5, 5.41) is 4.21. The van der Waals surface area contributed by atoms with Gasteiger partial charge in [0.25, 0.3) is 0 Å². The van der Waals surface area contributed by atoms with Crippen LogP contribution in [0.25, 0.3) is 33.4 Å². The number of benzene rings is 2. The molecule has 0 bridgehead atoms. The van der Waals surface area contributed by atoms with Gasteiger partial charge in [-0.05, 0) is 29.8 Å². The molecule has 0 saturated heterocycles. The molecule has 0 aliphatic carbocycles. The van der Waals surface area contributed by atoms with Crippen LogP contribution in [-0.2, 0) is 6.18 Å². The molecule has 0 unspecified atom stereocenters. The fraction of sp³-hybridized carbons (Fsp3) is 0.0526. The van der Waals surface area contributed by atoms with Gasteiger partial charge in [-0.3, -0.25) is 9.78 Å². The summed E-state index contributed by atoms with van der Waals surface area (Å²) in [6.07, 6.45) is -3.19. The lowest BCUT2D eigenvalue weighted by molar-refractivity contribution is -0.159. The molecule has 4 aromatic rings. The fourth-order valence-corrected chi connectivity index (χ4v) is 2.81. The van der Waals surface area contributed by atoms with Gasteiger partial charge in [-0.15, -0.1) is 0 Å². The zero-order valence-corrected chi connectivity index (χ0v) is 14.1. The Morgan fingerprint density at radius 1 is 1.04 bits per heavy atom. The summed E-state index contributed by atoms with van der Waals surface area (Å²) in [6.45, 7) is 0. The number of nitrogens with zero attached hydrogens (tertiary/aromatic N) is 3. The van der Waals surface area contributed by atoms with Crippen molar-refractivity contribution in [1.82, 2.24) is 15.1 Å². The van der Waals surface area contributed by atoms with Gasteiger partial charge in [0.05, 0.1) is 5.52 Å². The van der Waals surface area contributed by atoms with Gasteiger partial charge in [0.1, 0.15) is 0 Å². The first-order chi connectivity index (χ1) is 13.3. The van der Waals surface area contributed by atoms with Crippen LogP contribution in [0.3, 0.4) is 0 Å². The number of alkyl halides is 3. The Morgan fingerprint density at radius 2 is 1.82 bits per heavy atom. The number of hydrogen-bond donors (Lipinski definition) is 1.